The Hall–Kier alpha value is -2.20. The maximum absolute atomic E-state index is 13.6. The lowest BCUT2D eigenvalue weighted by Gasteiger charge is -2.47. The van der Waals surface area contributed by atoms with Crippen molar-refractivity contribution in [1.82, 2.24) is 0 Å². The summed E-state index contributed by atoms with van der Waals surface area (Å²) >= 11 is 1.95. The number of allylic oxidation sites excluding steroid dienone is 2. The average Bonchev–Trinajstić information content (AvgIpc) is 3.60. The lowest BCUT2D eigenvalue weighted by molar-refractivity contribution is -0.893. The first-order valence-electron chi connectivity index (χ1n) is 12.4. The van der Waals surface area contributed by atoms with Crippen LogP contribution < -0.4 is 10.6 Å². The maximum Gasteiger partial charge on any atom is 0.308 e. The molecule has 6 heteroatoms. The Morgan fingerprint density at radius 2 is 1.88 bits per heavy atom. The Kier molecular flexibility index (Phi) is 7.47. The number of hydrogen-bond acceptors (Lipinski definition) is 4. The summed E-state index contributed by atoms with van der Waals surface area (Å²) in [6.07, 6.45) is 8.05. The van der Waals surface area contributed by atoms with Gasteiger partial charge in [-0.15, -0.1) is 0 Å². The molecule has 2 saturated heterocycles. The standard InChI is InChI=1S/C28H37N3O2S/c1-5-6-28(32)30(26-16-20(3)19(2)15-25(26)22-7-8-22)27(29)10-9-23-18-31(33,17-21(23)4)24-11-13-34-14-12-24/h9-10,15-16,21-22,24H,7-8,11-14,17-18,29H2,1-4H3/b23-9-,27-10+. The number of nitrogens with two attached hydrogens (primary N) is 1. The second-order valence-corrected chi connectivity index (χ2v) is 11.4. The number of nitrogens with zero attached hydrogens (tertiary/aromatic N) is 2. The van der Waals surface area contributed by atoms with Crippen LogP contribution in [-0.2, 0) is 4.79 Å². The molecular weight excluding hydrogens is 442 g/mol. The van der Waals surface area contributed by atoms with E-state index in [9.17, 15) is 10.0 Å². The van der Waals surface area contributed by atoms with Crippen LogP contribution in [0.1, 0.15) is 62.1 Å². The van der Waals surface area contributed by atoms with Crippen molar-refractivity contribution in [3.05, 3.63) is 57.6 Å². The van der Waals surface area contributed by atoms with E-state index in [1.165, 1.54) is 5.56 Å². The summed E-state index contributed by atoms with van der Waals surface area (Å²) < 4.78 is -0.117. The van der Waals surface area contributed by atoms with E-state index in [4.69, 9.17) is 5.73 Å². The van der Waals surface area contributed by atoms with Crippen molar-refractivity contribution in [2.24, 2.45) is 11.7 Å². The number of quaternary nitrogens is 1. The molecule has 3 aliphatic rings. The van der Waals surface area contributed by atoms with Gasteiger partial charge in [0.1, 0.15) is 12.4 Å². The Morgan fingerprint density at radius 3 is 2.53 bits per heavy atom. The molecule has 2 aliphatic heterocycles. The zero-order valence-corrected chi connectivity index (χ0v) is 21.7. The van der Waals surface area contributed by atoms with Gasteiger partial charge in [0.05, 0.1) is 18.3 Å². The zero-order chi connectivity index (χ0) is 24.5. The minimum atomic E-state index is -0.326. The van der Waals surface area contributed by atoms with Gasteiger partial charge in [-0.05, 0) is 91.4 Å². The van der Waals surface area contributed by atoms with Crippen LogP contribution in [0.2, 0.25) is 0 Å². The minimum absolute atomic E-state index is 0.117. The fourth-order valence-electron chi connectivity index (χ4n) is 5.29. The van der Waals surface area contributed by atoms with Crippen LogP contribution in [0, 0.1) is 36.8 Å². The summed E-state index contributed by atoms with van der Waals surface area (Å²) in [5.74, 6) is 8.28. The number of hydrogen-bond donors (Lipinski definition) is 1. The molecule has 1 aromatic rings. The number of likely N-dealkylation sites (tertiary alicyclic amines) is 1. The fourth-order valence-corrected chi connectivity index (χ4v) is 6.38. The van der Waals surface area contributed by atoms with Crippen molar-refractivity contribution < 1.29 is 9.44 Å². The highest BCUT2D eigenvalue weighted by Gasteiger charge is 2.39. The van der Waals surface area contributed by atoms with E-state index in [2.05, 4.69) is 44.7 Å². The normalized spacial score (nSPS) is 26.9. The third kappa shape index (κ3) is 5.22. The molecule has 2 unspecified atom stereocenters. The molecule has 2 N–H and O–H groups in total. The van der Waals surface area contributed by atoms with Crippen molar-refractivity contribution in [2.75, 3.05) is 29.5 Å². The first-order chi connectivity index (χ1) is 16.2. The van der Waals surface area contributed by atoms with Gasteiger partial charge in [-0.3, -0.25) is 9.69 Å². The van der Waals surface area contributed by atoms with Gasteiger partial charge in [-0.2, -0.15) is 11.8 Å². The van der Waals surface area contributed by atoms with Crippen LogP contribution in [0.4, 0.5) is 5.69 Å². The summed E-state index contributed by atoms with van der Waals surface area (Å²) in [7, 11) is 0. The number of rotatable bonds is 5. The monoisotopic (exact) mass is 479 g/mol. The lowest BCUT2D eigenvalue weighted by atomic mass is 9.99. The van der Waals surface area contributed by atoms with Crippen molar-refractivity contribution in [3.8, 4) is 11.8 Å². The number of anilines is 1. The number of benzene rings is 1. The van der Waals surface area contributed by atoms with E-state index < -0.39 is 0 Å². The largest absolute Gasteiger partial charge is 0.632 e. The van der Waals surface area contributed by atoms with E-state index in [1.807, 2.05) is 17.8 Å². The van der Waals surface area contributed by atoms with Crippen LogP contribution >= 0.6 is 11.8 Å². The molecule has 3 fully saturated rings. The van der Waals surface area contributed by atoms with E-state index in [0.29, 0.717) is 24.8 Å². The topological polar surface area (TPSA) is 69.4 Å². The predicted molar refractivity (Wildman–Crippen MR) is 142 cm³/mol. The maximum atomic E-state index is 13.6. The van der Waals surface area contributed by atoms with Crippen LogP contribution in [0.3, 0.4) is 0 Å². The Bertz CT molecular complexity index is 1070. The number of carbonyl (C=O) groups excluding carboxylic acids is 1. The van der Waals surface area contributed by atoms with E-state index in [1.54, 1.807) is 17.9 Å². The molecular formula is C28H37N3O2S. The highest BCUT2D eigenvalue weighted by atomic mass is 32.2. The number of carbonyl (C=O) groups is 1. The van der Waals surface area contributed by atoms with Crippen molar-refractivity contribution in [1.29, 1.82) is 0 Å². The van der Waals surface area contributed by atoms with Gasteiger partial charge in [0.15, 0.2) is 0 Å². The molecule has 2 atom stereocenters. The summed E-state index contributed by atoms with van der Waals surface area (Å²) in [4.78, 5) is 14.7. The van der Waals surface area contributed by atoms with Crippen LogP contribution in [-0.4, -0.2) is 41.2 Å². The Labute approximate surface area is 208 Å². The zero-order valence-electron chi connectivity index (χ0n) is 20.9. The van der Waals surface area contributed by atoms with Gasteiger partial charge in [-0.25, -0.2) is 0 Å². The predicted octanol–water partition coefficient (Wildman–Crippen LogP) is 5.12. The molecule has 0 aromatic heterocycles. The highest BCUT2D eigenvalue weighted by molar-refractivity contribution is 7.99. The summed E-state index contributed by atoms with van der Waals surface area (Å²) in [6, 6.07) is 4.45. The second kappa shape index (κ2) is 10.2. The first kappa shape index (κ1) is 24.9. The number of hydroxylamine groups is 3. The average molecular weight is 480 g/mol. The molecule has 34 heavy (non-hydrogen) atoms. The lowest BCUT2D eigenvalue weighted by Crippen LogP contribution is -2.50. The molecule has 0 bridgehead atoms. The third-order valence-corrected chi connectivity index (χ3v) is 8.63. The van der Waals surface area contributed by atoms with E-state index >= 15 is 0 Å². The molecule has 0 spiro atoms. The molecule has 1 saturated carbocycles. The highest BCUT2D eigenvalue weighted by Crippen LogP contribution is 2.46. The molecule has 1 amide bonds. The number of aryl methyl sites for hydroxylation is 2. The molecule has 1 aliphatic carbocycles. The first-order valence-corrected chi connectivity index (χ1v) is 13.6. The van der Waals surface area contributed by atoms with Crippen molar-refractivity contribution >= 4 is 23.4 Å². The van der Waals surface area contributed by atoms with Gasteiger partial charge in [0, 0.05) is 18.8 Å². The minimum Gasteiger partial charge on any atom is -0.632 e. The smallest absolute Gasteiger partial charge is 0.308 e. The SMILES string of the molecule is CC#CC(=O)N(/C(N)=C/C=C1/C[N+]([O-])(C2CCSCC2)CC1C)c1cc(C)c(C)cc1C1CC1. The van der Waals surface area contributed by atoms with E-state index in [-0.39, 0.29) is 22.5 Å². The van der Waals surface area contributed by atoms with Crippen molar-refractivity contribution in [3.63, 3.8) is 0 Å². The van der Waals surface area contributed by atoms with Gasteiger partial charge < -0.3 is 15.6 Å². The van der Waals surface area contributed by atoms with Gasteiger partial charge >= 0.3 is 5.91 Å². The van der Waals surface area contributed by atoms with Gasteiger partial charge in [0.2, 0.25) is 0 Å². The van der Waals surface area contributed by atoms with Gasteiger partial charge in [0.25, 0.3) is 0 Å². The summed E-state index contributed by atoms with van der Waals surface area (Å²) in [5.41, 5.74) is 12.0. The van der Waals surface area contributed by atoms with Crippen molar-refractivity contribution in [2.45, 2.75) is 65.3 Å². The molecule has 2 heterocycles. The van der Waals surface area contributed by atoms with Crippen LogP contribution in [0.5, 0.6) is 0 Å². The molecule has 5 nitrogen and oxygen atoms in total. The summed E-state index contributed by atoms with van der Waals surface area (Å²) in [5, 5.41) is 13.6. The summed E-state index contributed by atoms with van der Waals surface area (Å²) in [6.45, 7) is 9.09. The molecule has 4 rings (SSSR count). The molecule has 0 radical (unpaired) electrons. The quantitative estimate of drug-likeness (QED) is 0.361. The number of thioether (sulfide) groups is 1. The molecule has 182 valence electrons. The Morgan fingerprint density at radius 1 is 1.21 bits per heavy atom. The Balaban J connectivity index is 1.65. The van der Waals surface area contributed by atoms with E-state index in [0.717, 1.165) is 59.6 Å². The van der Waals surface area contributed by atoms with Crippen LogP contribution in [0.25, 0.3) is 0 Å². The fraction of sp³-hybridized carbons (Fsp3) is 0.536. The molecule has 1 aromatic carbocycles. The second-order valence-electron chi connectivity index (χ2n) is 10.2. The van der Waals surface area contributed by atoms with Gasteiger partial charge in [-0.1, -0.05) is 25.0 Å². The van der Waals surface area contributed by atoms with Crippen LogP contribution in [0.15, 0.2) is 35.7 Å². The third-order valence-electron chi connectivity index (χ3n) is 7.58. The number of amides is 1.